The highest BCUT2D eigenvalue weighted by Crippen LogP contribution is 2.04. The number of aromatic nitrogens is 1. The number of nitrogens with one attached hydrogen (secondary N) is 1. The molecule has 0 spiro atoms. The average molecular weight is 225 g/mol. The Kier molecular flexibility index (Phi) is 4.82. The van der Waals surface area contributed by atoms with Gasteiger partial charge in [-0.3, -0.25) is 4.98 Å². The highest BCUT2D eigenvalue weighted by Gasteiger charge is 2.21. The van der Waals surface area contributed by atoms with E-state index in [1.54, 1.807) is 6.92 Å². The molecule has 0 saturated carbocycles. The Bertz CT molecular complexity index is 327. The van der Waals surface area contributed by atoms with Gasteiger partial charge < -0.3 is 21.3 Å². The molecule has 0 bridgehead atoms. The molecule has 1 aromatic heterocycles. The van der Waals surface area contributed by atoms with E-state index >= 15 is 0 Å². The number of hydrogen-bond acceptors (Lipinski definition) is 5. The van der Waals surface area contributed by atoms with Crippen molar-refractivity contribution in [1.82, 2.24) is 10.3 Å². The summed E-state index contributed by atoms with van der Waals surface area (Å²) in [6, 6.07) is 5.63. The predicted octanol–water partition coefficient (Wildman–Crippen LogP) is -0.627. The lowest BCUT2D eigenvalue weighted by Gasteiger charge is -2.26. The molecular formula is C11H19N3O2. The van der Waals surface area contributed by atoms with Crippen molar-refractivity contribution in [2.75, 3.05) is 13.2 Å². The number of aliphatic hydroxyl groups is 2. The van der Waals surface area contributed by atoms with Gasteiger partial charge in [0.2, 0.25) is 0 Å². The van der Waals surface area contributed by atoms with Crippen LogP contribution in [0, 0.1) is 0 Å². The summed E-state index contributed by atoms with van der Waals surface area (Å²) in [6.45, 7) is 2.40. The van der Waals surface area contributed by atoms with Gasteiger partial charge in [-0.1, -0.05) is 6.07 Å². The fourth-order valence-electron chi connectivity index (χ4n) is 1.21. The maximum absolute atomic E-state index is 9.10. The first-order chi connectivity index (χ1) is 7.63. The van der Waals surface area contributed by atoms with Crippen molar-refractivity contribution < 1.29 is 10.2 Å². The molecule has 1 rings (SSSR count). The van der Waals surface area contributed by atoms with Crippen molar-refractivity contribution in [3.05, 3.63) is 29.6 Å². The SMILES string of the molecule is CC(CO)(CO)NCc1cccc(CN)n1. The van der Waals surface area contributed by atoms with Crippen molar-refractivity contribution in [2.45, 2.75) is 25.6 Å². The van der Waals surface area contributed by atoms with E-state index in [4.69, 9.17) is 15.9 Å². The molecule has 5 heteroatoms. The van der Waals surface area contributed by atoms with Gasteiger partial charge in [-0.15, -0.1) is 0 Å². The van der Waals surface area contributed by atoms with Gasteiger partial charge in [0, 0.05) is 13.1 Å². The predicted molar refractivity (Wildman–Crippen MR) is 61.5 cm³/mol. The zero-order valence-corrected chi connectivity index (χ0v) is 9.48. The smallest absolute Gasteiger partial charge is 0.0633 e. The molecule has 0 saturated heterocycles. The zero-order valence-electron chi connectivity index (χ0n) is 9.48. The van der Waals surface area contributed by atoms with Crippen LogP contribution in [0.2, 0.25) is 0 Å². The molecule has 0 aliphatic rings. The van der Waals surface area contributed by atoms with E-state index in [1.165, 1.54) is 0 Å². The van der Waals surface area contributed by atoms with Crippen LogP contribution < -0.4 is 11.1 Å². The van der Waals surface area contributed by atoms with Crippen LogP contribution in [0.5, 0.6) is 0 Å². The molecule has 0 aromatic carbocycles. The summed E-state index contributed by atoms with van der Waals surface area (Å²) >= 11 is 0. The zero-order chi connectivity index (χ0) is 12.0. The number of aliphatic hydroxyl groups excluding tert-OH is 2. The van der Waals surface area contributed by atoms with Gasteiger partial charge in [0.15, 0.2) is 0 Å². The van der Waals surface area contributed by atoms with Gasteiger partial charge in [0.25, 0.3) is 0 Å². The van der Waals surface area contributed by atoms with Crippen LogP contribution in [0.3, 0.4) is 0 Å². The quantitative estimate of drug-likeness (QED) is 0.517. The average Bonchev–Trinajstić information content (AvgIpc) is 2.36. The van der Waals surface area contributed by atoms with E-state index in [2.05, 4.69) is 10.3 Å². The van der Waals surface area contributed by atoms with E-state index in [-0.39, 0.29) is 13.2 Å². The lowest BCUT2D eigenvalue weighted by atomic mass is 10.1. The third kappa shape index (κ3) is 3.53. The largest absolute Gasteiger partial charge is 0.394 e. The van der Waals surface area contributed by atoms with Crippen LogP contribution in [0.15, 0.2) is 18.2 Å². The first-order valence-electron chi connectivity index (χ1n) is 5.25. The van der Waals surface area contributed by atoms with E-state index in [0.717, 1.165) is 11.4 Å². The minimum atomic E-state index is -0.680. The Morgan fingerprint density at radius 3 is 2.50 bits per heavy atom. The molecule has 0 fully saturated rings. The molecular weight excluding hydrogens is 206 g/mol. The topological polar surface area (TPSA) is 91.4 Å². The van der Waals surface area contributed by atoms with Crippen molar-refractivity contribution in [3.8, 4) is 0 Å². The van der Waals surface area contributed by atoms with E-state index in [0.29, 0.717) is 13.1 Å². The molecule has 0 atom stereocenters. The number of nitrogens with two attached hydrogens (primary N) is 1. The van der Waals surface area contributed by atoms with Gasteiger partial charge in [-0.2, -0.15) is 0 Å². The van der Waals surface area contributed by atoms with E-state index in [1.807, 2.05) is 18.2 Å². The molecule has 0 amide bonds. The third-order valence-corrected chi connectivity index (χ3v) is 2.47. The summed E-state index contributed by atoms with van der Waals surface area (Å²) < 4.78 is 0. The second-order valence-electron chi connectivity index (χ2n) is 4.05. The number of pyridine rings is 1. The van der Waals surface area contributed by atoms with Crippen molar-refractivity contribution in [2.24, 2.45) is 5.73 Å². The van der Waals surface area contributed by atoms with Gasteiger partial charge >= 0.3 is 0 Å². The maximum Gasteiger partial charge on any atom is 0.0633 e. The Hall–Kier alpha value is -1.01. The fraction of sp³-hybridized carbons (Fsp3) is 0.545. The molecule has 5 nitrogen and oxygen atoms in total. The van der Waals surface area contributed by atoms with Crippen LogP contribution in [0.4, 0.5) is 0 Å². The van der Waals surface area contributed by atoms with Crippen LogP contribution in [0.1, 0.15) is 18.3 Å². The van der Waals surface area contributed by atoms with Crippen LogP contribution >= 0.6 is 0 Å². The highest BCUT2D eigenvalue weighted by molar-refractivity contribution is 5.11. The molecule has 5 N–H and O–H groups in total. The van der Waals surface area contributed by atoms with Crippen LogP contribution in [-0.4, -0.2) is 33.9 Å². The number of nitrogens with zero attached hydrogens (tertiary/aromatic N) is 1. The van der Waals surface area contributed by atoms with Gasteiger partial charge in [0.1, 0.15) is 0 Å². The Morgan fingerprint density at radius 1 is 1.31 bits per heavy atom. The number of rotatable bonds is 6. The van der Waals surface area contributed by atoms with Crippen molar-refractivity contribution in [1.29, 1.82) is 0 Å². The lowest BCUT2D eigenvalue weighted by Crippen LogP contribution is -2.48. The van der Waals surface area contributed by atoms with Crippen molar-refractivity contribution >= 4 is 0 Å². The minimum absolute atomic E-state index is 0.125. The van der Waals surface area contributed by atoms with Crippen LogP contribution in [0.25, 0.3) is 0 Å². The summed E-state index contributed by atoms with van der Waals surface area (Å²) in [5.74, 6) is 0. The summed E-state index contributed by atoms with van der Waals surface area (Å²) in [7, 11) is 0. The Labute approximate surface area is 95.3 Å². The van der Waals surface area contributed by atoms with Gasteiger partial charge in [-0.05, 0) is 19.1 Å². The Morgan fingerprint density at radius 2 is 1.94 bits per heavy atom. The second-order valence-corrected chi connectivity index (χ2v) is 4.05. The van der Waals surface area contributed by atoms with E-state index in [9.17, 15) is 0 Å². The molecule has 1 heterocycles. The van der Waals surface area contributed by atoms with Crippen molar-refractivity contribution in [3.63, 3.8) is 0 Å². The monoisotopic (exact) mass is 225 g/mol. The lowest BCUT2D eigenvalue weighted by molar-refractivity contribution is 0.103. The summed E-state index contributed by atoms with van der Waals surface area (Å²) in [5.41, 5.74) is 6.48. The summed E-state index contributed by atoms with van der Waals surface area (Å²) in [4.78, 5) is 4.31. The highest BCUT2D eigenvalue weighted by atomic mass is 16.3. The first kappa shape index (κ1) is 13.1. The molecule has 16 heavy (non-hydrogen) atoms. The summed E-state index contributed by atoms with van der Waals surface area (Å²) in [5, 5.41) is 21.3. The molecule has 90 valence electrons. The van der Waals surface area contributed by atoms with Gasteiger partial charge in [0.05, 0.1) is 30.1 Å². The Balaban J connectivity index is 2.60. The normalized spacial score (nSPS) is 11.8. The molecule has 0 radical (unpaired) electrons. The van der Waals surface area contributed by atoms with E-state index < -0.39 is 5.54 Å². The fourth-order valence-corrected chi connectivity index (χ4v) is 1.21. The second kappa shape index (κ2) is 5.91. The molecule has 0 unspecified atom stereocenters. The standard InChI is InChI=1S/C11H19N3O2/c1-11(7-15,8-16)13-6-10-4-2-3-9(5-12)14-10/h2-4,13,15-16H,5-8,12H2,1H3. The minimum Gasteiger partial charge on any atom is -0.394 e. The van der Waals surface area contributed by atoms with Crippen LogP contribution in [-0.2, 0) is 13.1 Å². The molecule has 0 aliphatic heterocycles. The molecule has 0 aliphatic carbocycles. The molecule has 1 aromatic rings. The number of hydrogen-bond donors (Lipinski definition) is 4. The first-order valence-corrected chi connectivity index (χ1v) is 5.25. The third-order valence-electron chi connectivity index (χ3n) is 2.47. The summed E-state index contributed by atoms with van der Waals surface area (Å²) in [6.07, 6.45) is 0. The maximum atomic E-state index is 9.10. The van der Waals surface area contributed by atoms with Gasteiger partial charge in [-0.25, -0.2) is 0 Å².